The van der Waals surface area contributed by atoms with Gasteiger partial charge in [-0.3, -0.25) is 4.79 Å². The van der Waals surface area contributed by atoms with Crippen LogP contribution in [0.5, 0.6) is 0 Å². The van der Waals surface area contributed by atoms with Gasteiger partial charge in [0.15, 0.2) is 0 Å². The molecule has 5 heteroatoms. The Bertz CT molecular complexity index is 739. The fourth-order valence-corrected chi connectivity index (χ4v) is 3.53. The number of carbonyl (C=O) groups is 1. The van der Waals surface area contributed by atoms with E-state index in [1.807, 2.05) is 24.3 Å². The summed E-state index contributed by atoms with van der Waals surface area (Å²) in [5, 5.41) is 18.1. The van der Waals surface area contributed by atoms with Crippen LogP contribution < -0.4 is 0 Å². The third-order valence-electron chi connectivity index (χ3n) is 5.32. The van der Waals surface area contributed by atoms with E-state index >= 15 is 0 Å². The summed E-state index contributed by atoms with van der Waals surface area (Å²) in [6.07, 6.45) is 17.7. The molecule has 0 aliphatic carbocycles. The second kappa shape index (κ2) is 14.0. The lowest BCUT2D eigenvalue weighted by Gasteiger charge is -2.08. The SMILES string of the molecule is CCCCCC=CCC[C@H](O)CCCCCCCC(=O)n1nnc2ccccc21. The molecule has 0 saturated carbocycles. The van der Waals surface area contributed by atoms with E-state index < -0.39 is 0 Å². The Morgan fingerprint density at radius 1 is 1.00 bits per heavy atom. The van der Waals surface area contributed by atoms with Crippen molar-refractivity contribution in [2.24, 2.45) is 0 Å². The summed E-state index contributed by atoms with van der Waals surface area (Å²) < 4.78 is 1.42. The maximum Gasteiger partial charge on any atom is 0.248 e. The lowest BCUT2D eigenvalue weighted by atomic mass is 10.0. The second-order valence-corrected chi connectivity index (χ2v) is 7.89. The number of hydrogen-bond donors (Lipinski definition) is 1. The summed E-state index contributed by atoms with van der Waals surface area (Å²) in [5.74, 6) is 0.0110. The molecule has 29 heavy (non-hydrogen) atoms. The number of benzene rings is 1. The van der Waals surface area contributed by atoms with Crippen LogP contribution in [-0.4, -0.2) is 32.1 Å². The van der Waals surface area contributed by atoms with Gasteiger partial charge in [-0.05, 0) is 50.7 Å². The predicted octanol–water partition coefficient (Wildman–Crippen LogP) is 6.08. The molecule has 0 bridgehead atoms. The van der Waals surface area contributed by atoms with Crippen molar-refractivity contribution in [1.82, 2.24) is 15.0 Å². The molecule has 2 aromatic rings. The predicted molar refractivity (Wildman–Crippen MR) is 119 cm³/mol. The van der Waals surface area contributed by atoms with Crippen molar-refractivity contribution in [2.75, 3.05) is 0 Å². The summed E-state index contributed by atoms with van der Waals surface area (Å²) >= 11 is 0. The molecule has 1 aromatic carbocycles. The number of aromatic nitrogens is 3. The van der Waals surface area contributed by atoms with Crippen LogP contribution in [0.2, 0.25) is 0 Å². The Hall–Kier alpha value is -2.01. The van der Waals surface area contributed by atoms with Gasteiger partial charge < -0.3 is 5.11 Å². The van der Waals surface area contributed by atoms with Crippen molar-refractivity contribution in [2.45, 2.75) is 96.5 Å². The van der Waals surface area contributed by atoms with Crippen molar-refractivity contribution in [3.63, 3.8) is 0 Å². The second-order valence-electron chi connectivity index (χ2n) is 7.89. The van der Waals surface area contributed by atoms with Crippen LogP contribution in [0.1, 0.15) is 95.2 Å². The Kier molecular flexibility index (Phi) is 11.3. The van der Waals surface area contributed by atoms with Crippen molar-refractivity contribution in [3.05, 3.63) is 36.4 Å². The summed E-state index contributed by atoms with van der Waals surface area (Å²) in [6.45, 7) is 2.22. The normalized spacial score (nSPS) is 12.8. The molecule has 0 radical (unpaired) electrons. The first-order valence-electron chi connectivity index (χ1n) is 11.4. The van der Waals surface area contributed by atoms with Crippen LogP contribution in [0.4, 0.5) is 0 Å². The van der Waals surface area contributed by atoms with Gasteiger partial charge in [-0.25, -0.2) is 0 Å². The molecular weight excluding hydrogens is 362 g/mol. The minimum Gasteiger partial charge on any atom is -0.393 e. The van der Waals surface area contributed by atoms with Gasteiger partial charge in [0.25, 0.3) is 0 Å². The maximum atomic E-state index is 12.3. The topological polar surface area (TPSA) is 68.0 Å². The van der Waals surface area contributed by atoms with Gasteiger partial charge in [0.05, 0.1) is 11.6 Å². The molecule has 0 fully saturated rings. The molecule has 0 amide bonds. The molecule has 0 spiro atoms. The lowest BCUT2D eigenvalue weighted by molar-refractivity contribution is 0.0886. The molecule has 0 aliphatic heterocycles. The van der Waals surface area contributed by atoms with Crippen LogP contribution >= 0.6 is 0 Å². The van der Waals surface area contributed by atoms with Crippen LogP contribution in [0.15, 0.2) is 36.4 Å². The number of unbranched alkanes of at least 4 members (excludes halogenated alkanes) is 7. The van der Waals surface area contributed by atoms with E-state index in [2.05, 4.69) is 29.4 Å². The van der Waals surface area contributed by atoms with E-state index in [9.17, 15) is 9.90 Å². The molecule has 0 aliphatic rings. The molecule has 1 N–H and O–H groups in total. The van der Waals surface area contributed by atoms with Crippen molar-refractivity contribution < 1.29 is 9.90 Å². The fraction of sp³-hybridized carbons (Fsp3) is 0.625. The monoisotopic (exact) mass is 399 g/mol. The lowest BCUT2D eigenvalue weighted by Crippen LogP contribution is -2.12. The van der Waals surface area contributed by atoms with Crippen LogP contribution in [0, 0.1) is 0 Å². The number of fused-ring (bicyclic) bond motifs is 1. The van der Waals surface area contributed by atoms with E-state index in [-0.39, 0.29) is 12.0 Å². The fourth-order valence-electron chi connectivity index (χ4n) is 3.53. The maximum absolute atomic E-state index is 12.3. The number of carbonyl (C=O) groups excluding carboxylic acids is 1. The van der Waals surface area contributed by atoms with Gasteiger partial charge in [-0.15, -0.1) is 5.10 Å². The standard InChI is InChI=1S/C24H37N3O2/c1-2-3-4-5-6-8-11-16-21(28)17-12-9-7-10-13-20-24(29)27-23-19-15-14-18-22(23)25-26-27/h6,8,14-15,18-19,21,28H,2-5,7,9-13,16-17,20H2,1H3/t21-/m0/s1. The van der Waals surface area contributed by atoms with E-state index in [1.54, 1.807) is 0 Å². The Morgan fingerprint density at radius 2 is 1.76 bits per heavy atom. The average Bonchev–Trinajstić information content (AvgIpc) is 3.16. The first-order chi connectivity index (χ1) is 14.2. The third kappa shape index (κ3) is 8.90. The Morgan fingerprint density at radius 3 is 2.62 bits per heavy atom. The Balaban J connectivity index is 1.47. The highest BCUT2D eigenvalue weighted by molar-refractivity contribution is 5.88. The van der Waals surface area contributed by atoms with Crippen LogP contribution in [0.25, 0.3) is 11.0 Å². The minimum absolute atomic E-state index is 0.0110. The molecule has 0 unspecified atom stereocenters. The zero-order valence-corrected chi connectivity index (χ0v) is 17.9. The molecule has 1 aromatic heterocycles. The van der Waals surface area contributed by atoms with Crippen molar-refractivity contribution >= 4 is 16.9 Å². The van der Waals surface area contributed by atoms with Crippen molar-refractivity contribution in [3.8, 4) is 0 Å². The van der Waals surface area contributed by atoms with Gasteiger partial charge in [-0.1, -0.05) is 74.9 Å². The van der Waals surface area contributed by atoms with Gasteiger partial charge in [-0.2, -0.15) is 4.68 Å². The van der Waals surface area contributed by atoms with E-state index in [4.69, 9.17) is 0 Å². The number of allylic oxidation sites excluding steroid dienone is 2. The van der Waals surface area contributed by atoms with Gasteiger partial charge in [0, 0.05) is 6.42 Å². The number of aliphatic hydroxyl groups is 1. The van der Waals surface area contributed by atoms with Crippen molar-refractivity contribution in [1.29, 1.82) is 0 Å². The summed E-state index contributed by atoms with van der Waals surface area (Å²) in [7, 11) is 0. The highest BCUT2D eigenvalue weighted by Gasteiger charge is 2.11. The zero-order valence-electron chi connectivity index (χ0n) is 17.9. The molecule has 160 valence electrons. The molecule has 5 nitrogen and oxygen atoms in total. The van der Waals surface area contributed by atoms with Crippen LogP contribution in [0.3, 0.4) is 0 Å². The minimum atomic E-state index is -0.183. The number of aliphatic hydroxyl groups excluding tert-OH is 1. The first kappa shape index (κ1) is 23.3. The van der Waals surface area contributed by atoms with E-state index in [0.29, 0.717) is 6.42 Å². The van der Waals surface area contributed by atoms with Crippen LogP contribution in [-0.2, 0) is 0 Å². The third-order valence-corrected chi connectivity index (χ3v) is 5.32. The number of rotatable bonds is 15. The van der Waals surface area contributed by atoms with Gasteiger partial charge in [0.2, 0.25) is 5.91 Å². The average molecular weight is 400 g/mol. The van der Waals surface area contributed by atoms with E-state index in [1.165, 1.54) is 30.4 Å². The highest BCUT2D eigenvalue weighted by Crippen LogP contribution is 2.14. The number of hydrogen-bond acceptors (Lipinski definition) is 4. The summed E-state index contributed by atoms with van der Waals surface area (Å²) in [4.78, 5) is 12.3. The number of nitrogens with zero attached hydrogens (tertiary/aromatic N) is 3. The highest BCUT2D eigenvalue weighted by atomic mass is 16.3. The van der Waals surface area contributed by atoms with Gasteiger partial charge >= 0.3 is 0 Å². The van der Waals surface area contributed by atoms with E-state index in [0.717, 1.165) is 62.4 Å². The zero-order chi connectivity index (χ0) is 20.7. The molecule has 0 saturated heterocycles. The Labute approximate surface area is 175 Å². The summed E-state index contributed by atoms with van der Waals surface area (Å²) in [5.41, 5.74) is 1.54. The molecule has 2 rings (SSSR count). The van der Waals surface area contributed by atoms with Gasteiger partial charge in [0.1, 0.15) is 5.52 Å². The molecule has 1 atom stereocenters. The smallest absolute Gasteiger partial charge is 0.248 e. The molecule has 1 heterocycles. The summed E-state index contributed by atoms with van der Waals surface area (Å²) in [6, 6.07) is 7.53. The molecular formula is C24H37N3O2. The largest absolute Gasteiger partial charge is 0.393 e. The first-order valence-corrected chi connectivity index (χ1v) is 11.4. The quantitative estimate of drug-likeness (QED) is 0.291. The number of para-hydroxylation sites is 1.